The van der Waals surface area contributed by atoms with E-state index in [1.165, 1.54) is 15.9 Å². The van der Waals surface area contributed by atoms with Crippen LogP contribution in [0.25, 0.3) is 6.08 Å². The lowest BCUT2D eigenvalue weighted by atomic mass is 9.96. The lowest BCUT2D eigenvalue weighted by molar-refractivity contribution is -0.143. The van der Waals surface area contributed by atoms with Gasteiger partial charge in [0.25, 0.3) is 5.56 Å². The molecular formula is C25H20Cl2N2O5S. The number of carbonyl (C=O) groups excluding carboxylic acids is 1. The summed E-state index contributed by atoms with van der Waals surface area (Å²) in [6.45, 7) is 5.41. The van der Waals surface area contributed by atoms with E-state index >= 15 is 0 Å². The minimum absolute atomic E-state index is 0.118. The van der Waals surface area contributed by atoms with Gasteiger partial charge in [-0.2, -0.15) is 0 Å². The molecule has 0 saturated heterocycles. The Kier molecular flexibility index (Phi) is 6.21. The Morgan fingerprint density at radius 2 is 1.89 bits per heavy atom. The molecule has 35 heavy (non-hydrogen) atoms. The van der Waals surface area contributed by atoms with Crippen molar-refractivity contribution in [1.82, 2.24) is 4.57 Å². The summed E-state index contributed by atoms with van der Waals surface area (Å²) in [5, 5.41) is 0.970. The number of fused-ring (bicyclic) bond motifs is 2. The lowest BCUT2D eigenvalue weighted by Gasteiger charge is -2.25. The highest BCUT2D eigenvalue weighted by Gasteiger charge is 2.33. The number of ether oxygens (including phenoxy) is 3. The highest BCUT2D eigenvalue weighted by atomic mass is 35.5. The number of hydrogen-bond acceptors (Lipinski definition) is 7. The van der Waals surface area contributed by atoms with Crippen LogP contribution in [0.4, 0.5) is 0 Å². The van der Waals surface area contributed by atoms with Gasteiger partial charge in [0, 0.05) is 11.1 Å². The van der Waals surface area contributed by atoms with Gasteiger partial charge in [-0.3, -0.25) is 9.36 Å². The third-order valence-corrected chi connectivity index (χ3v) is 7.11. The van der Waals surface area contributed by atoms with Gasteiger partial charge in [0.05, 0.1) is 33.0 Å². The van der Waals surface area contributed by atoms with E-state index in [-0.39, 0.29) is 18.5 Å². The van der Waals surface area contributed by atoms with E-state index in [0.717, 1.165) is 0 Å². The molecule has 7 nitrogen and oxygen atoms in total. The van der Waals surface area contributed by atoms with Crippen LogP contribution < -0.4 is 24.4 Å². The van der Waals surface area contributed by atoms with Crippen molar-refractivity contribution in [2.45, 2.75) is 32.9 Å². The minimum Gasteiger partial charge on any atom is -0.459 e. The molecule has 3 heterocycles. The fourth-order valence-electron chi connectivity index (χ4n) is 4.01. The SMILES string of the molecule is CC1=C(C(=O)OC(C)C)[C@@H](c2ccc(Cl)cc2)n2c(s/c(=C/c3cc4c(cc3Cl)OCO4)c2=O)=N1. The van der Waals surface area contributed by atoms with Crippen LogP contribution in [0.15, 0.2) is 57.5 Å². The number of rotatable bonds is 4. The lowest BCUT2D eigenvalue weighted by Crippen LogP contribution is -2.40. The Morgan fingerprint density at radius 3 is 2.57 bits per heavy atom. The van der Waals surface area contributed by atoms with E-state index in [2.05, 4.69) is 4.99 Å². The zero-order valence-corrected chi connectivity index (χ0v) is 21.3. The summed E-state index contributed by atoms with van der Waals surface area (Å²) in [4.78, 5) is 31.9. The van der Waals surface area contributed by atoms with Crippen molar-refractivity contribution in [3.63, 3.8) is 0 Å². The van der Waals surface area contributed by atoms with E-state index in [0.29, 0.717) is 53.3 Å². The van der Waals surface area contributed by atoms with Gasteiger partial charge in [-0.15, -0.1) is 0 Å². The fourth-order valence-corrected chi connectivity index (χ4v) is 5.38. The van der Waals surface area contributed by atoms with Gasteiger partial charge in [0.1, 0.15) is 0 Å². The first-order chi connectivity index (χ1) is 16.7. The van der Waals surface area contributed by atoms with E-state index in [9.17, 15) is 9.59 Å². The number of aromatic nitrogens is 1. The van der Waals surface area contributed by atoms with E-state index in [4.69, 9.17) is 37.4 Å². The summed E-state index contributed by atoms with van der Waals surface area (Å²) in [5.41, 5.74) is 1.82. The normalized spacial score (nSPS) is 17.0. The molecule has 1 atom stereocenters. The van der Waals surface area contributed by atoms with Crippen molar-refractivity contribution in [2.24, 2.45) is 4.99 Å². The molecule has 0 spiro atoms. The molecular weight excluding hydrogens is 511 g/mol. The van der Waals surface area contributed by atoms with Crippen LogP contribution in [0, 0.1) is 0 Å². The molecule has 2 aromatic carbocycles. The molecule has 1 aromatic heterocycles. The van der Waals surface area contributed by atoms with E-state index < -0.39 is 12.0 Å². The first-order valence-electron chi connectivity index (χ1n) is 10.8. The molecule has 0 aliphatic carbocycles. The molecule has 0 unspecified atom stereocenters. The van der Waals surface area contributed by atoms with Crippen LogP contribution >= 0.6 is 34.5 Å². The predicted molar refractivity (Wildman–Crippen MR) is 134 cm³/mol. The van der Waals surface area contributed by atoms with Gasteiger partial charge in [-0.25, -0.2) is 9.79 Å². The average Bonchev–Trinajstić information content (AvgIpc) is 3.36. The molecule has 0 amide bonds. The second-order valence-electron chi connectivity index (χ2n) is 8.31. The quantitative estimate of drug-likeness (QED) is 0.471. The zero-order chi connectivity index (χ0) is 24.9. The standard InChI is InChI=1S/C25H20Cl2N2O5S/c1-12(2)34-24(31)21-13(3)28-25-29(22(21)14-4-6-16(26)7-5-14)23(30)20(35-25)9-15-8-18-19(10-17(15)27)33-11-32-18/h4-10,12,22H,11H2,1-3H3/b20-9+/t22-/m1/s1. The number of hydrogen-bond donors (Lipinski definition) is 0. The Labute approximate surface area is 214 Å². The Balaban J connectivity index is 1.70. The van der Waals surface area contributed by atoms with E-state index in [1.54, 1.807) is 63.2 Å². The summed E-state index contributed by atoms with van der Waals surface area (Å²) in [6, 6.07) is 9.70. The molecule has 10 heteroatoms. The monoisotopic (exact) mass is 530 g/mol. The maximum atomic E-state index is 13.7. The molecule has 0 fully saturated rings. The summed E-state index contributed by atoms with van der Waals surface area (Å²) < 4.78 is 18.2. The third kappa shape index (κ3) is 4.37. The van der Waals surface area contributed by atoms with Crippen molar-refractivity contribution in [3.8, 4) is 11.5 Å². The maximum absolute atomic E-state index is 13.7. The average molecular weight is 531 g/mol. The van der Waals surface area contributed by atoms with Crippen LogP contribution in [0.1, 0.15) is 37.9 Å². The Hall–Kier alpha value is -3.07. The van der Waals surface area contributed by atoms with Crippen LogP contribution in [-0.4, -0.2) is 23.4 Å². The molecule has 180 valence electrons. The predicted octanol–water partition coefficient (Wildman–Crippen LogP) is 4.22. The van der Waals surface area contributed by atoms with Gasteiger partial charge in [0.2, 0.25) is 6.79 Å². The summed E-state index contributed by atoms with van der Waals surface area (Å²) in [6.07, 6.45) is 1.37. The van der Waals surface area contributed by atoms with Gasteiger partial charge in [-0.05, 0) is 56.2 Å². The largest absolute Gasteiger partial charge is 0.459 e. The second-order valence-corrected chi connectivity index (χ2v) is 10.2. The highest BCUT2D eigenvalue weighted by molar-refractivity contribution is 7.07. The fraction of sp³-hybridized carbons (Fsp3) is 0.240. The van der Waals surface area contributed by atoms with Gasteiger partial charge in [-0.1, -0.05) is 46.7 Å². The molecule has 3 aromatic rings. The van der Waals surface area contributed by atoms with Crippen LogP contribution in [0.5, 0.6) is 11.5 Å². The van der Waals surface area contributed by atoms with Crippen molar-refractivity contribution >= 4 is 46.6 Å². The zero-order valence-electron chi connectivity index (χ0n) is 19.0. The molecule has 2 aliphatic rings. The number of benzene rings is 2. The first-order valence-corrected chi connectivity index (χ1v) is 12.4. The Bertz CT molecular complexity index is 1550. The molecule has 0 radical (unpaired) electrons. The first kappa shape index (κ1) is 23.7. The van der Waals surface area contributed by atoms with Crippen LogP contribution in [-0.2, 0) is 9.53 Å². The topological polar surface area (TPSA) is 79.1 Å². The van der Waals surface area contributed by atoms with Crippen molar-refractivity contribution in [2.75, 3.05) is 6.79 Å². The summed E-state index contributed by atoms with van der Waals surface area (Å²) in [5.74, 6) is 0.594. The summed E-state index contributed by atoms with van der Waals surface area (Å²) in [7, 11) is 0. The molecule has 0 bridgehead atoms. The van der Waals surface area contributed by atoms with Crippen molar-refractivity contribution < 1.29 is 19.0 Å². The number of halogens is 2. The maximum Gasteiger partial charge on any atom is 0.338 e. The minimum atomic E-state index is -0.718. The van der Waals surface area contributed by atoms with Crippen molar-refractivity contribution in [3.05, 3.63) is 88.5 Å². The molecule has 5 rings (SSSR count). The number of carbonyl (C=O) groups is 1. The number of allylic oxidation sites excluding steroid dienone is 1. The molecule has 0 saturated carbocycles. The number of thiazole rings is 1. The van der Waals surface area contributed by atoms with E-state index in [1.807, 2.05) is 0 Å². The molecule has 0 N–H and O–H groups in total. The number of esters is 1. The smallest absolute Gasteiger partial charge is 0.338 e. The summed E-state index contributed by atoms with van der Waals surface area (Å²) >= 11 is 13.8. The van der Waals surface area contributed by atoms with Crippen LogP contribution in [0.3, 0.4) is 0 Å². The molecule has 2 aliphatic heterocycles. The van der Waals surface area contributed by atoms with Gasteiger partial charge >= 0.3 is 5.97 Å². The van der Waals surface area contributed by atoms with Crippen molar-refractivity contribution in [1.29, 1.82) is 0 Å². The number of nitrogens with zero attached hydrogens (tertiary/aromatic N) is 2. The second kappa shape index (κ2) is 9.18. The Morgan fingerprint density at radius 1 is 1.20 bits per heavy atom. The highest BCUT2D eigenvalue weighted by Crippen LogP contribution is 2.37. The van der Waals surface area contributed by atoms with Gasteiger partial charge in [0.15, 0.2) is 16.3 Å². The van der Waals surface area contributed by atoms with Crippen LogP contribution in [0.2, 0.25) is 10.0 Å². The van der Waals surface area contributed by atoms with Gasteiger partial charge < -0.3 is 14.2 Å². The third-order valence-electron chi connectivity index (χ3n) is 5.55.